The van der Waals surface area contributed by atoms with E-state index >= 15 is 0 Å². The summed E-state index contributed by atoms with van der Waals surface area (Å²) in [7, 11) is 0. The lowest BCUT2D eigenvalue weighted by Gasteiger charge is -2.16. The van der Waals surface area contributed by atoms with Gasteiger partial charge in [-0.15, -0.1) is 0 Å². The van der Waals surface area contributed by atoms with Gasteiger partial charge < -0.3 is 5.73 Å². The predicted molar refractivity (Wildman–Crippen MR) is 75.2 cm³/mol. The second-order valence-corrected chi connectivity index (χ2v) is 4.97. The first kappa shape index (κ1) is 13.5. The van der Waals surface area contributed by atoms with E-state index in [4.69, 9.17) is 5.73 Å². The molecule has 2 N–H and O–H groups in total. The number of anilines is 1. The fourth-order valence-corrected chi connectivity index (χ4v) is 2.05. The van der Waals surface area contributed by atoms with Crippen LogP contribution in [0.4, 0.5) is 14.5 Å². The zero-order valence-electron chi connectivity index (χ0n) is 11.2. The number of nitrogen functional groups attached to an aromatic ring is 1. The third-order valence-electron chi connectivity index (χ3n) is 3.00. The highest BCUT2D eigenvalue weighted by Crippen LogP contribution is 2.35. The summed E-state index contributed by atoms with van der Waals surface area (Å²) in [6, 6.07) is 4.90. The quantitative estimate of drug-likeness (QED) is 0.877. The van der Waals surface area contributed by atoms with Crippen LogP contribution in [0.2, 0.25) is 0 Å². The number of aryl methyl sites for hydroxylation is 1. The Balaban J connectivity index is 2.92. The Bertz CT molecular complexity index is 670. The predicted octanol–water partition coefficient (Wildman–Crippen LogP) is 4.27. The molecule has 0 unspecified atom stereocenters. The monoisotopic (exact) mass is 262 g/mol. The topological polar surface area (TPSA) is 38.9 Å². The van der Waals surface area contributed by atoms with Crippen molar-refractivity contribution >= 4 is 22.2 Å². The van der Waals surface area contributed by atoms with E-state index in [1.165, 1.54) is 6.07 Å². The Hall–Kier alpha value is -1.97. The molecule has 0 saturated carbocycles. The van der Waals surface area contributed by atoms with Crippen LogP contribution < -0.4 is 5.73 Å². The smallest absolute Gasteiger partial charge is 0.272 e. The molecule has 2 nitrogen and oxygen atoms in total. The number of benzene rings is 1. The number of nitrogens with zero attached hydrogens (tertiary/aromatic N) is 1. The van der Waals surface area contributed by atoms with Gasteiger partial charge in [0, 0.05) is 23.6 Å². The van der Waals surface area contributed by atoms with E-state index in [1.54, 1.807) is 26.0 Å². The molecule has 2 aromatic rings. The standard InChI is InChI=1S/C15H16F2N2/c1-8(2)13-7-12(18)10-5-9(3)6-11(14(10)19-13)15(4,16)17/h5-7H,1H2,2-4H3,(H2,18,19). The molecule has 1 heterocycles. The molecule has 1 aromatic heterocycles. The minimum atomic E-state index is -2.96. The SMILES string of the molecule is C=C(C)c1cc(N)c2cc(C)cc(C(C)(F)F)c2n1. The normalized spacial score (nSPS) is 11.8. The van der Waals surface area contributed by atoms with Gasteiger partial charge >= 0.3 is 0 Å². The highest BCUT2D eigenvalue weighted by molar-refractivity contribution is 5.94. The van der Waals surface area contributed by atoms with Crippen LogP contribution >= 0.6 is 0 Å². The molecule has 0 saturated heterocycles. The number of hydrogen-bond acceptors (Lipinski definition) is 2. The van der Waals surface area contributed by atoms with Crippen LogP contribution in [0.1, 0.15) is 30.7 Å². The summed E-state index contributed by atoms with van der Waals surface area (Å²) >= 11 is 0. The fourth-order valence-electron chi connectivity index (χ4n) is 2.05. The van der Waals surface area contributed by atoms with Crippen LogP contribution in [0.3, 0.4) is 0 Å². The van der Waals surface area contributed by atoms with Gasteiger partial charge in [0.05, 0.1) is 11.2 Å². The molecule has 0 aliphatic carbocycles. The lowest BCUT2D eigenvalue weighted by molar-refractivity contribution is 0.0188. The number of rotatable bonds is 2. The van der Waals surface area contributed by atoms with Crippen molar-refractivity contribution < 1.29 is 8.78 Å². The summed E-state index contributed by atoms with van der Waals surface area (Å²) in [5.41, 5.74) is 8.51. The molecule has 2 rings (SSSR count). The zero-order valence-corrected chi connectivity index (χ0v) is 11.2. The molecular formula is C15H16F2N2. The third kappa shape index (κ3) is 2.43. The molecule has 0 radical (unpaired) electrons. The summed E-state index contributed by atoms with van der Waals surface area (Å²) in [6.45, 7) is 8.18. The van der Waals surface area contributed by atoms with Gasteiger partial charge in [-0.25, -0.2) is 13.8 Å². The first-order valence-corrected chi connectivity index (χ1v) is 5.95. The van der Waals surface area contributed by atoms with E-state index in [-0.39, 0.29) is 11.1 Å². The molecule has 0 fully saturated rings. The second-order valence-electron chi connectivity index (χ2n) is 4.97. The Morgan fingerprint density at radius 1 is 1.32 bits per heavy atom. The Kier molecular flexibility index (Phi) is 3.04. The molecular weight excluding hydrogens is 246 g/mol. The minimum Gasteiger partial charge on any atom is -0.398 e. The number of alkyl halides is 2. The summed E-state index contributed by atoms with van der Waals surface area (Å²) in [6.07, 6.45) is 0. The number of halogens is 2. The number of pyridine rings is 1. The highest BCUT2D eigenvalue weighted by Gasteiger charge is 2.28. The van der Waals surface area contributed by atoms with Gasteiger partial charge in [-0.1, -0.05) is 6.58 Å². The summed E-state index contributed by atoms with van der Waals surface area (Å²) in [4.78, 5) is 4.28. The van der Waals surface area contributed by atoms with Gasteiger partial charge in [-0.05, 0) is 43.2 Å². The molecule has 4 heteroatoms. The molecule has 0 amide bonds. The molecule has 0 spiro atoms. The van der Waals surface area contributed by atoms with E-state index in [0.29, 0.717) is 22.3 Å². The fraction of sp³-hybridized carbons (Fsp3) is 0.267. The van der Waals surface area contributed by atoms with Crippen molar-refractivity contribution in [1.82, 2.24) is 4.98 Å². The number of allylic oxidation sites excluding steroid dienone is 1. The van der Waals surface area contributed by atoms with Crippen LogP contribution in [0.25, 0.3) is 16.5 Å². The van der Waals surface area contributed by atoms with Crippen molar-refractivity contribution in [2.75, 3.05) is 5.73 Å². The molecule has 0 bridgehead atoms. The van der Waals surface area contributed by atoms with Gasteiger partial charge in [-0.2, -0.15) is 0 Å². The number of aromatic nitrogens is 1. The number of hydrogen-bond donors (Lipinski definition) is 1. The second kappa shape index (κ2) is 4.30. The van der Waals surface area contributed by atoms with Crippen molar-refractivity contribution in [3.63, 3.8) is 0 Å². The molecule has 0 aliphatic heterocycles. The maximum atomic E-state index is 13.7. The number of nitrogens with two attached hydrogens (primary N) is 1. The van der Waals surface area contributed by atoms with Gasteiger partial charge in [-0.3, -0.25) is 0 Å². The van der Waals surface area contributed by atoms with Crippen molar-refractivity contribution in [1.29, 1.82) is 0 Å². The molecule has 19 heavy (non-hydrogen) atoms. The van der Waals surface area contributed by atoms with Crippen molar-refractivity contribution in [2.45, 2.75) is 26.7 Å². The van der Waals surface area contributed by atoms with E-state index < -0.39 is 5.92 Å². The maximum Gasteiger partial charge on any atom is 0.272 e. The van der Waals surface area contributed by atoms with Gasteiger partial charge in [0.2, 0.25) is 0 Å². The highest BCUT2D eigenvalue weighted by atomic mass is 19.3. The Labute approximate surface area is 111 Å². The molecule has 1 aromatic carbocycles. The average molecular weight is 262 g/mol. The van der Waals surface area contributed by atoms with Crippen molar-refractivity contribution in [3.8, 4) is 0 Å². The van der Waals surface area contributed by atoms with Crippen LogP contribution in [0, 0.1) is 6.92 Å². The maximum absolute atomic E-state index is 13.7. The molecule has 100 valence electrons. The lowest BCUT2D eigenvalue weighted by atomic mass is 9.99. The first-order chi connectivity index (χ1) is 8.70. The number of fused-ring (bicyclic) bond motifs is 1. The van der Waals surface area contributed by atoms with E-state index in [9.17, 15) is 8.78 Å². The molecule has 0 aliphatic rings. The van der Waals surface area contributed by atoms with Crippen molar-refractivity contribution in [3.05, 3.63) is 41.6 Å². The van der Waals surface area contributed by atoms with Crippen LogP contribution in [-0.4, -0.2) is 4.98 Å². The first-order valence-electron chi connectivity index (χ1n) is 5.95. The van der Waals surface area contributed by atoms with Gasteiger partial charge in [0.1, 0.15) is 0 Å². The van der Waals surface area contributed by atoms with E-state index in [2.05, 4.69) is 11.6 Å². The lowest BCUT2D eigenvalue weighted by Crippen LogP contribution is -2.10. The Morgan fingerprint density at radius 2 is 1.95 bits per heavy atom. The summed E-state index contributed by atoms with van der Waals surface area (Å²) < 4.78 is 27.5. The van der Waals surface area contributed by atoms with Crippen LogP contribution in [-0.2, 0) is 5.92 Å². The summed E-state index contributed by atoms with van der Waals surface area (Å²) in [5.74, 6) is -2.96. The largest absolute Gasteiger partial charge is 0.398 e. The third-order valence-corrected chi connectivity index (χ3v) is 3.00. The average Bonchev–Trinajstić information content (AvgIpc) is 2.27. The van der Waals surface area contributed by atoms with E-state index in [0.717, 1.165) is 12.5 Å². The summed E-state index contributed by atoms with van der Waals surface area (Å²) in [5, 5.41) is 0.557. The van der Waals surface area contributed by atoms with Gasteiger partial charge in [0.25, 0.3) is 5.92 Å². The van der Waals surface area contributed by atoms with Crippen LogP contribution in [0.5, 0.6) is 0 Å². The zero-order chi connectivity index (χ0) is 14.4. The van der Waals surface area contributed by atoms with Crippen molar-refractivity contribution in [2.24, 2.45) is 0 Å². The van der Waals surface area contributed by atoms with E-state index in [1.807, 2.05) is 0 Å². The molecule has 0 atom stereocenters. The Morgan fingerprint density at radius 3 is 2.47 bits per heavy atom. The van der Waals surface area contributed by atoms with Gasteiger partial charge in [0.15, 0.2) is 0 Å². The minimum absolute atomic E-state index is 0.0997. The van der Waals surface area contributed by atoms with Crippen LogP contribution in [0.15, 0.2) is 24.8 Å².